The third-order valence-corrected chi connectivity index (χ3v) is 4.38. The van der Waals surface area contributed by atoms with Crippen LogP contribution in [0.3, 0.4) is 0 Å². The summed E-state index contributed by atoms with van der Waals surface area (Å²) in [4.78, 5) is 11.6. The number of carbonyl (C=O) groups excluding carboxylic acids is 1. The Morgan fingerprint density at radius 2 is 1.17 bits per heavy atom. The summed E-state index contributed by atoms with van der Waals surface area (Å²) < 4.78 is 5.11. The highest BCUT2D eigenvalue weighted by Crippen LogP contribution is 2.16. The largest absolute Gasteiger partial charge is 0.465 e. The molecule has 0 aromatic heterocycles. The zero-order valence-corrected chi connectivity index (χ0v) is 15.5. The van der Waals surface area contributed by atoms with Crippen molar-refractivity contribution >= 4 is 5.97 Å². The molecule has 0 aliphatic carbocycles. The summed E-state index contributed by atoms with van der Waals surface area (Å²) in [6.45, 7) is 1.68. The Morgan fingerprint density at radius 3 is 1.58 bits per heavy atom. The number of unbranched alkanes of at least 4 members (excludes halogenated alkanes) is 10. The fourth-order valence-electron chi connectivity index (χ4n) is 2.44. The minimum atomic E-state index is -0.742. The molecule has 0 unspecified atom stereocenters. The van der Waals surface area contributed by atoms with Crippen molar-refractivity contribution in [2.24, 2.45) is 5.41 Å². The van der Waals surface area contributed by atoms with Gasteiger partial charge in [0.1, 0.15) is 6.61 Å². The first-order chi connectivity index (χ1) is 11.6. The zero-order valence-electron chi connectivity index (χ0n) is 15.5. The summed E-state index contributed by atoms with van der Waals surface area (Å²) in [7, 11) is 0. The van der Waals surface area contributed by atoms with Crippen LogP contribution in [0, 0.1) is 5.41 Å². The summed E-state index contributed by atoms with van der Waals surface area (Å²) >= 11 is 0. The maximum Gasteiger partial charge on any atom is 0.305 e. The Hall–Kier alpha value is -0.650. The minimum absolute atomic E-state index is 0.0666. The summed E-state index contributed by atoms with van der Waals surface area (Å²) in [6.07, 6.45) is 13.1. The molecular formula is C19H38O5. The molecule has 0 heterocycles. The Labute approximate surface area is 147 Å². The number of hydrogen-bond donors (Lipinski definition) is 3. The van der Waals surface area contributed by atoms with E-state index in [-0.39, 0.29) is 25.8 Å². The fourth-order valence-corrected chi connectivity index (χ4v) is 2.44. The van der Waals surface area contributed by atoms with E-state index in [1.165, 1.54) is 38.5 Å². The molecule has 0 aliphatic rings. The molecule has 0 aromatic rings. The molecule has 0 bridgehead atoms. The van der Waals surface area contributed by atoms with Gasteiger partial charge in [0.2, 0.25) is 0 Å². The third kappa shape index (κ3) is 13.8. The Balaban J connectivity index is 3.33. The first-order valence-electron chi connectivity index (χ1n) is 9.56. The molecule has 0 aliphatic heterocycles. The lowest BCUT2D eigenvalue weighted by Crippen LogP contribution is -2.32. The van der Waals surface area contributed by atoms with Gasteiger partial charge in [-0.15, -0.1) is 0 Å². The molecule has 0 amide bonds. The monoisotopic (exact) mass is 346 g/mol. The van der Waals surface area contributed by atoms with E-state index >= 15 is 0 Å². The second kappa shape index (κ2) is 15.9. The highest BCUT2D eigenvalue weighted by Gasteiger charge is 2.24. The standard InChI is InChI=1S/C19H38O5/c1-19(15-21,16-22)17-24-18(23)13-11-9-7-5-3-2-4-6-8-10-12-14-20/h20-22H,2-17H2,1H3. The molecule has 24 heavy (non-hydrogen) atoms. The van der Waals surface area contributed by atoms with Crippen molar-refractivity contribution in [1.29, 1.82) is 0 Å². The van der Waals surface area contributed by atoms with Crippen LogP contribution in [-0.4, -0.2) is 47.7 Å². The number of aliphatic hydroxyl groups excluding tert-OH is 3. The molecule has 0 saturated heterocycles. The molecule has 144 valence electrons. The SMILES string of the molecule is CC(CO)(CO)COC(=O)CCCCCCCCCCCCCO. The molecule has 0 fully saturated rings. The molecular weight excluding hydrogens is 308 g/mol. The number of carbonyl (C=O) groups is 1. The van der Waals surface area contributed by atoms with Gasteiger partial charge in [-0.3, -0.25) is 4.79 Å². The van der Waals surface area contributed by atoms with E-state index in [2.05, 4.69) is 0 Å². The first-order valence-corrected chi connectivity index (χ1v) is 9.56. The van der Waals surface area contributed by atoms with Gasteiger partial charge in [0, 0.05) is 18.4 Å². The van der Waals surface area contributed by atoms with Crippen LogP contribution in [0.25, 0.3) is 0 Å². The molecule has 0 atom stereocenters. The van der Waals surface area contributed by atoms with Crippen LogP contribution in [-0.2, 0) is 9.53 Å². The van der Waals surface area contributed by atoms with E-state index in [1.807, 2.05) is 0 Å². The summed E-state index contributed by atoms with van der Waals surface area (Å²) in [5, 5.41) is 26.9. The number of hydrogen-bond acceptors (Lipinski definition) is 5. The number of ether oxygens (including phenoxy) is 1. The third-order valence-electron chi connectivity index (χ3n) is 4.38. The van der Waals surface area contributed by atoms with Gasteiger partial charge in [0.15, 0.2) is 0 Å². The topological polar surface area (TPSA) is 87.0 Å². The maximum absolute atomic E-state index is 11.6. The Bertz CT molecular complexity index is 289. The van der Waals surface area contributed by atoms with E-state index in [0.29, 0.717) is 13.0 Å². The predicted molar refractivity (Wildman–Crippen MR) is 95.7 cm³/mol. The van der Waals surface area contributed by atoms with Crippen LogP contribution in [0.5, 0.6) is 0 Å². The second-order valence-electron chi connectivity index (χ2n) is 7.15. The average molecular weight is 347 g/mol. The van der Waals surface area contributed by atoms with Gasteiger partial charge in [0.25, 0.3) is 0 Å². The normalized spacial score (nSPS) is 11.7. The molecule has 0 aromatic carbocycles. The first kappa shape index (κ1) is 23.4. The smallest absolute Gasteiger partial charge is 0.305 e. The lowest BCUT2D eigenvalue weighted by Gasteiger charge is -2.23. The van der Waals surface area contributed by atoms with E-state index in [0.717, 1.165) is 32.1 Å². The van der Waals surface area contributed by atoms with Crippen molar-refractivity contribution in [2.45, 2.75) is 84.0 Å². The average Bonchev–Trinajstić information content (AvgIpc) is 2.60. The van der Waals surface area contributed by atoms with Gasteiger partial charge in [0.05, 0.1) is 13.2 Å². The van der Waals surface area contributed by atoms with Crippen molar-refractivity contribution in [2.75, 3.05) is 26.4 Å². The van der Waals surface area contributed by atoms with Gasteiger partial charge < -0.3 is 20.1 Å². The lowest BCUT2D eigenvalue weighted by atomic mass is 9.94. The minimum Gasteiger partial charge on any atom is -0.465 e. The molecule has 0 saturated carbocycles. The van der Waals surface area contributed by atoms with Crippen LogP contribution in [0.2, 0.25) is 0 Å². The molecule has 0 radical (unpaired) electrons. The predicted octanol–water partition coefficient (Wildman–Crippen LogP) is 3.19. The fraction of sp³-hybridized carbons (Fsp3) is 0.947. The highest BCUT2D eigenvalue weighted by molar-refractivity contribution is 5.69. The van der Waals surface area contributed by atoms with Gasteiger partial charge in [-0.25, -0.2) is 0 Å². The summed E-state index contributed by atoms with van der Waals surface area (Å²) in [5.41, 5.74) is -0.742. The van der Waals surface area contributed by atoms with Crippen molar-refractivity contribution in [3.05, 3.63) is 0 Å². The van der Waals surface area contributed by atoms with E-state index in [9.17, 15) is 4.79 Å². The molecule has 5 heteroatoms. The number of aliphatic hydroxyl groups is 3. The molecule has 3 N–H and O–H groups in total. The maximum atomic E-state index is 11.6. The molecule has 0 rings (SSSR count). The van der Waals surface area contributed by atoms with Crippen molar-refractivity contribution in [3.63, 3.8) is 0 Å². The Morgan fingerprint density at radius 1 is 0.750 bits per heavy atom. The summed E-state index contributed by atoms with van der Waals surface area (Å²) in [6, 6.07) is 0. The van der Waals surface area contributed by atoms with Gasteiger partial charge in [-0.05, 0) is 12.8 Å². The van der Waals surface area contributed by atoms with E-state index in [1.54, 1.807) is 6.92 Å². The van der Waals surface area contributed by atoms with Crippen LogP contribution in [0.4, 0.5) is 0 Å². The van der Waals surface area contributed by atoms with Crippen molar-refractivity contribution in [3.8, 4) is 0 Å². The molecule has 5 nitrogen and oxygen atoms in total. The number of esters is 1. The van der Waals surface area contributed by atoms with Crippen molar-refractivity contribution in [1.82, 2.24) is 0 Å². The van der Waals surface area contributed by atoms with E-state index in [4.69, 9.17) is 20.1 Å². The Kier molecular flexibility index (Phi) is 15.4. The van der Waals surface area contributed by atoms with Gasteiger partial charge in [-0.1, -0.05) is 64.7 Å². The highest BCUT2D eigenvalue weighted by atomic mass is 16.5. The van der Waals surface area contributed by atoms with Crippen LogP contribution < -0.4 is 0 Å². The zero-order chi connectivity index (χ0) is 18.1. The van der Waals surface area contributed by atoms with Crippen LogP contribution >= 0.6 is 0 Å². The van der Waals surface area contributed by atoms with E-state index < -0.39 is 5.41 Å². The van der Waals surface area contributed by atoms with Gasteiger partial charge >= 0.3 is 5.97 Å². The lowest BCUT2D eigenvalue weighted by molar-refractivity contribution is -0.149. The van der Waals surface area contributed by atoms with Crippen LogP contribution in [0.1, 0.15) is 84.0 Å². The van der Waals surface area contributed by atoms with Crippen LogP contribution in [0.15, 0.2) is 0 Å². The second-order valence-corrected chi connectivity index (χ2v) is 7.15. The van der Waals surface area contributed by atoms with Crippen molar-refractivity contribution < 1.29 is 24.9 Å². The summed E-state index contributed by atoms with van der Waals surface area (Å²) in [5.74, 6) is -0.244. The quantitative estimate of drug-likeness (QED) is 0.278. The number of rotatable bonds is 17. The van der Waals surface area contributed by atoms with Gasteiger partial charge in [-0.2, -0.15) is 0 Å². The molecule has 0 spiro atoms.